The molecule has 0 unspecified atom stereocenters. The van der Waals surface area contributed by atoms with Crippen molar-refractivity contribution in [2.24, 2.45) is 0 Å². The number of ether oxygens (including phenoxy) is 2. The molecule has 1 heterocycles. The van der Waals surface area contributed by atoms with Gasteiger partial charge in [-0.3, -0.25) is 4.79 Å². The van der Waals surface area contributed by atoms with Gasteiger partial charge in [-0.25, -0.2) is 9.59 Å². The summed E-state index contributed by atoms with van der Waals surface area (Å²) in [7, 11) is 0. The fraction of sp³-hybridized carbons (Fsp3) is 0.227. The predicted octanol–water partition coefficient (Wildman–Crippen LogP) is 3.66. The van der Waals surface area contributed by atoms with E-state index in [4.69, 9.17) is 13.9 Å². The van der Waals surface area contributed by atoms with Crippen LogP contribution in [0.25, 0.3) is 11.0 Å². The van der Waals surface area contributed by atoms with Crippen LogP contribution in [0.1, 0.15) is 35.3 Å². The van der Waals surface area contributed by atoms with Gasteiger partial charge in [0.1, 0.15) is 11.3 Å². The first kappa shape index (κ1) is 19.4. The van der Waals surface area contributed by atoms with Gasteiger partial charge >= 0.3 is 11.6 Å². The Morgan fingerprint density at radius 3 is 2.50 bits per heavy atom. The number of benzene rings is 2. The number of carbonyl (C=O) groups is 2. The van der Waals surface area contributed by atoms with E-state index in [1.165, 1.54) is 13.0 Å². The van der Waals surface area contributed by atoms with Crippen molar-refractivity contribution in [2.75, 3.05) is 6.61 Å². The standard InChI is InChI=1S/C22H20O6/c1-4-26-22(25)14(3)27-17-11-10-16-13(2)12-18(23)28-21(16)19(17)20(24)15-8-6-5-7-9-15/h5-12,14H,4H2,1-3H3/t14-/m1/s1. The van der Waals surface area contributed by atoms with Gasteiger partial charge in [0.25, 0.3) is 0 Å². The minimum Gasteiger partial charge on any atom is -0.478 e. The molecule has 6 nitrogen and oxygen atoms in total. The van der Waals surface area contributed by atoms with Crippen LogP contribution >= 0.6 is 0 Å². The summed E-state index contributed by atoms with van der Waals surface area (Å²) in [6, 6.07) is 13.2. The summed E-state index contributed by atoms with van der Waals surface area (Å²) in [6.07, 6.45) is -0.934. The van der Waals surface area contributed by atoms with Gasteiger partial charge in [0.05, 0.1) is 6.61 Å². The molecule has 3 aromatic rings. The van der Waals surface area contributed by atoms with E-state index in [2.05, 4.69) is 0 Å². The second-order valence-corrected chi connectivity index (χ2v) is 6.27. The zero-order valence-corrected chi connectivity index (χ0v) is 15.9. The Kier molecular flexibility index (Phi) is 5.59. The number of hydrogen-bond acceptors (Lipinski definition) is 6. The van der Waals surface area contributed by atoms with Crippen molar-refractivity contribution in [1.82, 2.24) is 0 Å². The van der Waals surface area contributed by atoms with Crippen LogP contribution in [0.5, 0.6) is 5.75 Å². The molecule has 0 aliphatic heterocycles. The Labute approximate surface area is 161 Å². The van der Waals surface area contributed by atoms with Gasteiger partial charge < -0.3 is 13.9 Å². The molecule has 0 radical (unpaired) electrons. The molecule has 0 aliphatic rings. The lowest BCUT2D eigenvalue weighted by Crippen LogP contribution is -2.27. The van der Waals surface area contributed by atoms with E-state index in [-0.39, 0.29) is 29.3 Å². The third-order valence-corrected chi connectivity index (χ3v) is 4.27. The number of ketones is 1. The monoisotopic (exact) mass is 380 g/mol. The van der Waals surface area contributed by atoms with Crippen LogP contribution in [-0.4, -0.2) is 24.5 Å². The number of hydrogen-bond donors (Lipinski definition) is 0. The summed E-state index contributed by atoms with van der Waals surface area (Å²) >= 11 is 0. The van der Waals surface area contributed by atoms with Crippen LogP contribution in [0.2, 0.25) is 0 Å². The molecule has 6 heteroatoms. The van der Waals surface area contributed by atoms with Gasteiger partial charge in [0, 0.05) is 17.0 Å². The average Bonchev–Trinajstić information content (AvgIpc) is 2.68. The molecule has 144 valence electrons. The first-order chi connectivity index (χ1) is 13.4. The molecule has 0 aliphatic carbocycles. The summed E-state index contributed by atoms with van der Waals surface area (Å²) in [6.45, 7) is 5.21. The number of esters is 1. The van der Waals surface area contributed by atoms with Crippen molar-refractivity contribution in [3.05, 3.63) is 75.6 Å². The van der Waals surface area contributed by atoms with Crippen molar-refractivity contribution < 1.29 is 23.5 Å². The molecular weight excluding hydrogens is 360 g/mol. The Hall–Kier alpha value is -3.41. The highest BCUT2D eigenvalue weighted by Gasteiger charge is 2.25. The molecular formula is C22H20O6. The highest BCUT2D eigenvalue weighted by molar-refractivity contribution is 6.17. The number of carbonyl (C=O) groups excluding carboxylic acids is 2. The van der Waals surface area contributed by atoms with E-state index in [0.29, 0.717) is 16.5 Å². The quantitative estimate of drug-likeness (QED) is 0.369. The van der Waals surface area contributed by atoms with Crippen molar-refractivity contribution >= 4 is 22.7 Å². The lowest BCUT2D eigenvalue weighted by atomic mass is 9.98. The minimum atomic E-state index is -0.934. The van der Waals surface area contributed by atoms with E-state index in [9.17, 15) is 14.4 Å². The van der Waals surface area contributed by atoms with E-state index in [1.54, 1.807) is 56.3 Å². The highest BCUT2D eigenvalue weighted by atomic mass is 16.6. The molecule has 28 heavy (non-hydrogen) atoms. The molecule has 0 bridgehead atoms. The van der Waals surface area contributed by atoms with Gasteiger partial charge in [-0.05, 0) is 38.5 Å². The maximum Gasteiger partial charge on any atom is 0.347 e. The summed E-state index contributed by atoms with van der Waals surface area (Å²) in [5.74, 6) is -0.770. The fourth-order valence-electron chi connectivity index (χ4n) is 2.91. The molecule has 2 aromatic carbocycles. The van der Waals surface area contributed by atoms with Gasteiger partial charge in [0.15, 0.2) is 11.7 Å². The van der Waals surface area contributed by atoms with Crippen molar-refractivity contribution in [2.45, 2.75) is 26.9 Å². The van der Waals surface area contributed by atoms with Crippen LogP contribution in [0.15, 0.2) is 57.7 Å². The second kappa shape index (κ2) is 8.08. The molecule has 0 saturated heterocycles. The van der Waals surface area contributed by atoms with Crippen LogP contribution in [0, 0.1) is 6.92 Å². The number of aryl methyl sites for hydroxylation is 1. The molecule has 3 rings (SSSR count). The third-order valence-electron chi connectivity index (χ3n) is 4.27. The Bertz CT molecular complexity index is 1080. The van der Waals surface area contributed by atoms with Gasteiger partial charge in [0.2, 0.25) is 5.78 Å². The summed E-state index contributed by atoms with van der Waals surface area (Å²) < 4.78 is 16.1. The average molecular weight is 380 g/mol. The van der Waals surface area contributed by atoms with E-state index < -0.39 is 17.7 Å². The molecule has 1 aromatic heterocycles. The first-order valence-corrected chi connectivity index (χ1v) is 8.93. The third kappa shape index (κ3) is 3.81. The molecule has 0 fully saturated rings. The van der Waals surface area contributed by atoms with Crippen molar-refractivity contribution in [1.29, 1.82) is 0 Å². The van der Waals surface area contributed by atoms with E-state index >= 15 is 0 Å². The molecule has 0 spiro atoms. The van der Waals surface area contributed by atoms with Crippen LogP contribution in [0.3, 0.4) is 0 Å². The molecule has 0 saturated carbocycles. The van der Waals surface area contributed by atoms with Crippen LogP contribution in [0.4, 0.5) is 0 Å². The first-order valence-electron chi connectivity index (χ1n) is 8.93. The van der Waals surface area contributed by atoms with Gasteiger partial charge in [-0.15, -0.1) is 0 Å². The molecule has 0 amide bonds. The second-order valence-electron chi connectivity index (χ2n) is 6.27. The number of fused-ring (bicyclic) bond motifs is 1. The Morgan fingerprint density at radius 1 is 1.11 bits per heavy atom. The molecule has 0 N–H and O–H groups in total. The van der Waals surface area contributed by atoms with Crippen molar-refractivity contribution in [3.8, 4) is 5.75 Å². The SMILES string of the molecule is CCOC(=O)[C@@H](C)Oc1ccc2c(C)cc(=O)oc2c1C(=O)c1ccccc1. The molecule has 1 atom stereocenters. The smallest absolute Gasteiger partial charge is 0.347 e. The lowest BCUT2D eigenvalue weighted by molar-refractivity contribution is -0.150. The van der Waals surface area contributed by atoms with Crippen LogP contribution < -0.4 is 10.4 Å². The lowest BCUT2D eigenvalue weighted by Gasteiger charge is -2.17. The van der Waals surface area contributed by atoms with Gasteiger partial charge in [-0.2, -0.15) is 0 Å². The van der Waals surface area contributed by atoms with E-state index in [1.807, 2.05) is 0 Å². The van der Waals surface area contributed by atoms with Gasteiger partial charge in [-0.1, -0.05) is 30.3 Å². The highest BCUT2D eigenvalue weighted by Crippen LogP contribution is 2.32. The Balaban J connectivity index is 2.19. The topological polar surface area (TPSA) is 82.8 Å². The fourth-order valence-corrected chi connectivity index (χ4v) is 2.91. The van der Waals surface area contributed by atoms with Crippen LogP contribution in [-0.2, 0) is 9.53 Å². The normalized spacial score (nSPS) is 11.8. The summed E-state index contributed by atoms with van der Waals surface area (Å²) in [4.78, 5) is 37.1. The largest absolute Gasteiger partial charge is 0.478 e. The maximum absolute atomic E-state index is 13.2. The summed E-state index contributed by atoms with van der Waals surface area (Å²) in [5, 5.41) is 0.620. The minimum absolute atomic E-state index is 0.0978. The Morgan fingerprint density at radius 2 is 1.82 bits per heavy atom. The zero-order valence-electron chi connectivity index (χ0n) is 15.9. The maximum atomic E-state index is 13.2. The number of rotatable bonds is 6. The van der Waals surface area contributed by atoms with E-state index in [0.717, 1.165) is 0 Å². The summed E-state index contributed by atoms with van der Waals surface area (Å²) in [5.41, 5.74) is 0.752. The zero-order chi connectivity index (χ0) is 20.3. The van der Waals surface area contributed by atoms with Crippen molar-refractivity contribution in [3.63, 3.8) is 0 Å². The predicted molar refractivity (Wildman–Crippen MR) is 104 cm³/mol.